The second-order valence-corrected chi connectivity index (χ2v) is 4.85. The molecular formula is C14H8ClF3N2O. The molecule has 0 fully saturated rings. The molecule has 0 aliphatic carbocycles. The molecule has 3 rings (SSSR count). The van der Waals surface area contributed by atoms with Gasteiger partial charge in [-0.25, -0.2) is 9.97 Å². The summed E-state index contributed by atoms with van der Waals surface area (Å²) in [6.45, 7) is 1.85. The van der Waals surface area contributed by atoms with Crippen molar-refractivity contribution in [3.8, 4) is 11.5 Å². The first-order valence-electron chi connectivity index (χ1n) is 5.96. The minimum atomic E-state index is -4.59. The molecule has 0 bridgehead atoms. The maximum atomic E-state index is 12.8. The summed E-state index contributed by atoms with van der Waals surface area (Å²) in [5.41, 5.74) is 0.387. The van der Waals surface area contributed by atoms with E-state index in [0.717, 1.165) is 17.0 Å². The highest BCUT2D eigenvalue weighted by Crippen LogP contribution is 2.33. The van der Waals surface area contributed by atoms with Gasteiger partial charge < -0.3 is 4.42 Å². The van der Waals surface area contributed by atoms with Crippen LogP contribution in [0.4, 0.5) is 13.2 Å². The van der Waals surface area contributed by atoms with Crippen molar-refractivity contribution in [1.82, 2.24) is 9.97 Å². The number of fused-ring (bicyclic) bond motifs is 1. The zero-order chi connectivity index (χ0) is 15.2. The molecule has 0 aliphatic heterocycles. The minimum absolute atomic E-state index is 0.00192. The lowest BCUT2D eigenvalue weighted by Gasteiger charge is -2.06. The Balaban J connectivity index is 2.18. The molecule has 21 heavy (non-hydrogen) atoms. The van der Waals surface area contributed by atoms with Crippen molar-refractivity contribution in [3.63, 3.8) is 0 Å². The lowest BCUT2D eigenvalue weighted by atomic mass is 10.2. The quantitative estimate of drug-likeness (QED) is 0.602. The van der Waals surface area contributed by atoms with E-state index in [-0.39, 0.29) is 11.5 Å². The molecule has 0 N–H and O–H groups in total. The second kappa shape index (κ2) is 4.73. The number of nitrogens with zero attached hydrogens (tertiary/aromatic N) is 2. The number of halogens is 4. The fourth-order valence-corrected chi connectivity index (χ4v) is 2.21. The third kappa shape index (κ3) is 2.58. The predicted molar refractivity (Wildman–Crippen MR) is 72.0 cm³/mol. The third-order valence-electron chi connectivity index (χ3n) is 2.98. The molecule has 0 saturated heterocycles. The van der Waals surface area contributed by atoms with Gasteiger partial charge in [-0.05, 0) is 36.2 Å². The van der Waals surface area contributed by atoms with E-state index in [2.05, 4.69) is 9.97 Å². The third-order valence-corrected chi connectivity index (χ3v) is 3.15. The molecule has 1 aromatic carbocycles. The van der Waals surface area contributed by atoms with Gasteiger partial charge in [0.15, 0.2) is 5.76 Å². The Morgan fingerprint density at radius 2 is 1.90 bits per heavy atom. The Kier molecular flexibility index (Phi) is 3.13. The first kappa shape index (κ1) is 13.9. The summed E-state index contributed by atoms with van der Waals surface area (Å²) in [4.78, 5) is 6.99. The highest BCUT2D eigenvalue weighted by atomic mass is 35.5. The van der Waals surface area contributed by atoms with Crippen molar-refractivity contribution < 1.29 is 17.6 Å². The lowest BCUT2D eigenvalue weighted by molar-refractivity contribution is -0.141. The van der Waals surface area contributed by atoms with Gasteiger partial charge in [0.2, 0.25) is 5.28 Å². The predicted octanol–water partition coefficient (Wildman–Crippen LogP) is 4.87. The fourth-order valence-electron chi connectivity index (χ4n) is 2.02. The average molecular weight is 313 g/mol. The van der Waals surface area contributed by atoms with Crippen molar-refractivity contribution in [2.24, 2.45) is 0 Å². The van der Waals surface area contributed by atoms with Crippen LogP contribution in [-0.4, -0.2) is 9.97 Å². The van der Waals surface area contributed by atoms with Gasteiger partial charge in [-0.1, -0.05) is 18.2 Å². The molecule has 0 atom stereocenters. The number of hydrogen-bond acceptors (Lipinski definition) is 3. The van der Waals surface area contributed by atoms with E-state index >= 15 is 0 Å². The molecule has 2 heterocycles. The Morgan fingerprint density at radius 3 is 2.57 bits per heavy atom. The van der Waals surface area contributed by atoms with E-state index in [0.29, 0.717) is 5.58 Å². The van der Waals surface area contributed by atoms with Crippen molar-refractivity contribution in [1.29, 1.82) is 0 Å². The van der Waals surface area contributed by atoms with Crippen LogP contribution in [0, 0.1) is 6.92 Å². The molecular weight excluding hydrogens is 305 g/mol. The number of aromatic nitrogens is 2. The Morgan fingerprint density at radius 1 is 1.14 bits per heavy atom. The number of furan rings is 1. The Bertz CT molecular complexity index is 827. The topological polar surface area (TPSA) is 38.9 Å². The molecule has 0 aliphatic rings. The lowest BCUT2D eigenvalue weighted by Crippen LogP contribution is -2.09. The molecule has 3 aromatic rings. The van der Waals surface area contributed by atoms with Crippen molar-refractivity contribution in [2.75, 3.05) is 0 Å². The number of alkyl halides is 3. The van der Waals surface area contributed by atoms with E-state index in [1.807, 2.05) is 25.1 Å². The highest BCUT2D eigenvalue weighted by molar-refractivity contribution is 6.28. The SMILES string of the molecule is Cc1cccc2cc(-c3cc(C(F)(F)F)nc(Cl)n3)oc12. The molecule has 3 nitrogen and oxygen atoms in total. The van der Waals surface area contributed by atoms with Gasteiger partial charge >= 0.3 is 6.18 Å². The summed E-state index contributed by atoms with van der Waals surface area (Å²) in [6, 6.07) is 7.94. The van der Waals surface area contributed by atoms with Crippen LogP contribution < -0.4 is 0 Å². The first-order valence-corrected chi connectivity index (χ1v) is 6.34. The van der Waals surface area contributed by atoms with Crippen molar-refractivity contribution in [2.45, 2.75) is 13.1 Å². The number of benzene rings is 1. The van der Waals surface area contributed by atoms with Gasteiger partial charge in [0.1, 0.15) is 17.0 Å². The van der Waals surface area contributed by atoms with Gasteiger partial charge in [0.25, 0.3) is 0 Å². The van der Waals surface area contributed by atoms with Crippen LogP contribution in [0.5, 0.6) is 0 Å². The first-order chi connectivity index (χ1) is 9.84. The van der Waals surface area contributed by atoms with Gasteiger partial charge in [-0.2, -0.15) is 13.2 Å². The van der Waals surface area contributed by atoms with Gasteiger partial charge in [-0.15, -0.1) is 0 Å². The normalized spacial score (nSPS) is 12.0. The number of para-hydroxylation sites is 1. The van der Waals surface area contributed by atoms with Crippen LogP contribution >= 0.6 is 11.6 Å². The Labute approximate surface area is 122 Å². The zero-order valence-electron chi connectivity index (χ0n) is 10.7. The maximum Gasteiger partial charge on any atom is 0.433 e. The van der Waals surface area contributed by atoms with E-state index in [1.165, 1.54) is 0 Å². The van der Waals surface area contributed by atoms with E-state index < -0.39 is 17.2 Å². The molecule has 2 aromatic heterocycles. The smallest absolute Gasteiger partial charge is 0.433 e. The number of rotatable bonds is 1. The Hall–Kier alpha value is -2.08. The second-order valence-electron chi connectivity index (χ2n) is 4.51. The van der Waals surface area contributed by atoms with E-state index in [4.69, 9.17) is 16.0 Å². The van der Waals surface area contributed by atoms with Crippen LogP contribution in [0.25, 0.3) is 22.4 Å². The minimum Gasteiger partial charge on any atom is -0.454 e. The van der Waals surface area contributed by atoms with E-state index in [9.17, 15) is 13.2 Å². The summed E-state index contributed by atoms with van der Waals surface area (Å²) >= 11 is 5.57. The van der Waals surface area contributed by atoms with Crippen molar-refractivity contribution in [3.05, 3.63) is 46.9 Å². The van der Waals surface area contributed by atoms with Gasteiger partial charge in [-0.3, -0.25) is 0 Å². The van der Waals surface area contributed by atoms with Gasteiger partial charge in [0.05, 0.1) is 0 Å². The van der Waals surface area contributed by atoms with Crippen LogP contribution in [0.3, 0.4) is 0 Å². The number of hydrogen-bond donors (Lipinski definition) is 0. The summed E-state index contributed by atoms with van der Waals surface area (Å²) < 4.78 is 43.8. The summed E-state index contributed by atoms with van der Waals surface area (Å²) in [7, 11) is 0. The van der Waals surface area contributed by atoms with Crippen LogP contribution in [0.2, 0.25) is 5.28 Å². The molecule has 7 heteroatoms. The average Bonchev–Trinajstić information content (AvgIpc) is 2.82. The molecule has 0 spiro atoms. The monoisotopic (exact) mass is 312 g/mol. The molecule has 108 valence electrons. The largest absolute Gasteiger partial charge is 0.454 e. The van der Waals surface area contributed by atoms with Gasteiger partial charge in [0, 0.05) is 5.39 Å². The summed E-state index contributed by atoms with van der Waals surface area (Å²) in [5.74, 6) is 0.217. The molecule has 0 radical (unpaired) electrons. The standard InChI is InChI=1S/C14H8ClF3N2O/c1-7-3-2-4-8-5-10(21-12(7)8)9-6-11(14(16,17)18)20-13(15)19-9/h2-6H,1H3. The van der Waals surface area contributed by atoms with Crippen LogP contribution in [0.15, 0.2) is 34.7 Å². The number of aryl methyl sites for hydroxylation is 1. The maximum absolute atomic E-state index is 12.8. The van der Waals surface area contributed by atoms with Crippen LogP contribution in [0.1, 0.15) is 11.3 Å². The van der Waals surface area contributed by atoms with Crippen LogP contribution in [-0.2, 0) is 6.18 Å². The molecule has 0 unspecified atom stereocenters. The van der Waals surface area contributed by atoms with E-state index in [1.54, 1.807) is 6.07 Å². The fraction of sp³-hybridized carbons (Fsp3) is 0.143. The zero-order valence-corrected chi connectivity index (χ0v) is 11.5. The molecule has 0 saturated carbocycles. The molecule has 0 amide bonds. The van der Waals surface area contributed by atoms with Crippen molar-refractivity contribution >= 4 is 22.6 Å². The summed E-state index contributed by atoms with van der Waals surface area (Å²) in [5, 5.41) is 0.310. The highest BCUT2D eigenvalue weighted by Gasteiger charge is 2.34. The summed E-state index contributed by atoms with van der Waals surface area (Å²) in [6.07, 6.45) is -4.59.